The van der Waals surface area contributed by atoms with E-state index >= 15 is 0 Å². The van der Waals surface area contributed by atoms with E-state index in [1.54, 1.807) is 45.0 Å². The summed E-state index contributed by atoms with van der Waals surface area (Å²) in [6.45, 7) is 5.82. The van der Waals surface area contributed by atoms with Gasteiger partial charge in [0.1, 0.15) is 0 Å². The molecule has 0 bridgehead atoms. The molecule has 0 saturated carbocycles. The van der Waals surface area contributed by atoms with E-state index < -0.39 is 17.4 Å². The van der Waals surface area contributed by atoms with Crippen molar-refractivity contribution in [3.63, 3.8) is 0 Å². The van der Waals surface area contributed by atoms with Gasteiger partial charge in [-0.2, -0.15) is 0 Å². The molecule has 0 aromatic heterocycles. The van der Waals surface area contributed by atoms with Crippen molar-refractivity contribution in [3.05, 3.63) is 35.9 Å². The summed E-state index contributed by atoms with van der Waals surface area (Å²) in [5, 5.41) is 0. The molecular weight excluding hydrogens is 272 g/mol. The Balaban J connectivity index is 3.32. The highest BCUT2D eigenvalue weighted by Gasteiger charge is 2.51. The summed E-state index contributed by atoms with van der Waals surface area (Å²) in [4.78, 5) is 25.0. The number of hydrogen-bond donors (Lipinski definition) is 0. The van der Waals surface area contributed by atoms with E-state index in [0.717, 1.165) is 0 Å². The highest BCUT2D eigenvalue weighted by Crippen LogP contribution is 2.28. The zero-order valence-corrected chi connectivity index (χ0v) is 12.8. The first kappa shape index (κ1) is 17.2. The van der Waals surface area contributed by atoms with E-state index in [0.29, 0.717) is 12.2 Å². The maximum atomic E-state index is 12.5. The lowest BCUT2D eigenvalue weighted by atomic mass is 9.81. The van der Waals surface area contributed by atoms with Crippen LogP contribution in [0.3, 0.4) is 0 Å². The Hall–Kier alpha value is -1.88. The van der Waals surface area contributed by atoms with Crippen LogP contribution in [0, 0.1) is 0 Å². The normalized spacial score (nSPS) is 11.0. The number of carbonyl (C=O) groups excluding carboxylic acids is 2. The van der Waals surface area contributed by atoms with Crippen LogP contribution in [0.15, 0.2) is 30.3 Å². The second-order valence-electron chi connectivity index (χ2n) is 4.35. The third-order valence-electron chi connectivity index (χ3n) is 3.04. The first-order valence-electron chi connectivity index (χ1n) is 7.11. The largest absolute Gasteiger partial charge is 0.465 e. The van der Waals surface area contributed by atoms with Gasteiger partial charge in [0, 0.05) is 6.61 Å². The fourth-order valence-electron chi connectivity index (χ4n) is 2.01. The zero-order chi connectivity index (χ0) is 15.7. The predicted octanol–water partition coefficient (Wildman–Crippen LogP) is 2.09. The minimum atomic E-state index is -1.58. The van der Waals surface area contributed by atoms with Crippen LogP contribution in [-0.4, -0.2) is 38.4 Å². The molecule has 0 N–H and O–H groups in total. The summed E-state index contributed by atoms with van der Waals surface area (Å²) in [6.07, 6.45) is 0. The average molecular weight is 294 g/mol. The number of carbonyl (C=O) groups is 2. The van der Waals surface area contributed by atoms with Gasteiger partial charge in [0.2, 0.25) is 5.41 Å². The molecule has 0 aliphatic carbocycles. The molecule has 1 rings (SSSR count). The molecule has 0 aliphatic rings. The Morgan fingerprint density at radius 1 is 0.905 bits per heavy atom. The lowest BCUT2D eigenvalue weighted by Gasteiger charge is -2.29. The van der Waals surface area contributed by atoms with Crippen LogP contribution >= 0.6 is 0 Å². The van der Waals surface area contributed by atoms with Crippen LogP contribution in [-0.2, 0) is 29.2 Å². The van der Waals surface area contributed by atoms with Crippen molar-refractivity contribution in [2.45, 2.75) is 26.2 Å². The van der Waals surface area contributed by atoms with Gasteiger partial charge >= 0.3 is 11.9 Å². The van der Waals surface area contributed by atoms with Gasteiger partial charge in [-0.3, -0.25) is 9.59 Å². The van der Waals surface area contributed by atoms with E-state index in [2.05, 4.69) is 0 Å². The molecule has 1 aromatic rings. The van der Waals surface area contributed by atoms with E-state index in [1.165, 1.54) is 0 Å². The molecule has 0 spiro atoms. The smallest absolute Gasteiger partial charge is 0.330 e. The van der Waals surface area contributed by atoms with Crippen molar-refractivity contribution in [1.82, 2.24) is 0 Å². The molecule has 21 heavy (non-hydrogen) atoms. The lowest BCUT2D eigenvalue weighted by molar-refractivity contribution is -0.168. The summed E-state index contributed by atoms with van der Waals surface area (Å²) in [6, 6.07) is 8.73. The van der Waals surface area contributed by atoms with E-state index in [4.69, 9.17) is 14.2 Å². The Kier molecular flexibility index (Phi) is 6.88. The molecule has 5 heteroatoms. The van der Waals surface area contributed by atoms with E-state index in [1.807, 2.05) is 6.07 Å². The van der Waals surface area contributed by atoms with Crippen molar-refractivity contribution < 1.29 is 23.8 Å². The zero-order valence-electron chi connectivity index (χ0n) is 12.8. The average Bonchev–Trinajstić information content (AvgIpc) is 2.50. The van der Waals surface area contributed by atoms with E-state index in [9.17, 15) is 9.59 Å². The van der Waals surface area contributed by atoms with Crippen LogP contribution < -0.4 is 0 Å². The summed E-state index contributed by atoms with van der Waals surface area (Å²) in [7, 11) is 0. The van der Waals surface area contributed by atoms with Crippen molar-refractivity contribution >= 4 is 11.9 Å². The number of rotatable bonds is 8. The van der Waals surface area contributed by atoms with Gasteiger partial charge in [-0.05, 0) is 26.3 Å². The van der Waals surface area contributed by atoms with Gasteiger partial charge in [-0.15, -0.1) is 0 Å². The predicted molar refractivity (Wildman–Crippen MR) is 77.9 cm³/mol. The van der Waals surface area contributed by atoms with Crippen LogP contribution in [0.2, 0.25) is 0 Å². The van der Waals surface area contributed by atoms with Gasteiger partial charge in [0.25, 0.3) is 0 Å². The van der Waals surface area contributed by atoms with E-state index in [-0.39, 0.29) is 19.8 Å². The van der Waals surface area contributed by atoms with Gasteiger partial charge in [0.15, 0.2) is 0 Å². The third kappa shape index (κ3) is 3.82. The Labute approximate surface area is 125 Å². The molecule has 0 amide bonds. The molecule has 1 aromatic carbocycles. The molecule has 5 nitrogen and oxygen atoms in total. The van der Waals surface area contributed by atoms with Crippen LogP contribution in [0.25, 0.3) is 0 Å². The molecule has 0 aliphatic heterocycles. The maximum Gasteiger partial charge on any atom is 0.330 e. The van der Waals surface area contributed by atoms with Crippen LogP contribution in [0.1, 0.15) is 26.3 Å². The molecule has 0 saturated heterocycles. The molecule has 0 fully saturated rings. The van der Waals surface area contributed by atoms with Crippen LogP contribution in [0.4, 0.5) is 0 Å². The molecule has 116 valence electrons. The van der Waals surface area contributed by atoms with Crippen molar-refractivity contribution in [1.29, 1.82) is 0 Å². The SMILES string of the molecule is CCOCC(C(=O)OCC)(C(=O)OCC)c1ccccc1. The standard InChI is InChI=1S/C16H22O5/c1-4-19-12-16(14(17)20-5-2,15(18)21-6-3)13-10-8-7-9-11-13/h7-11H,4-6,12H2,1-3H3. The minimum absolute atomic E-state index is 0.106. The molecule has 0 heterocycles. The Morgan fingerprint density at radius 3 is 1.86 bits per heavy atom. The monoisotopic (exact) mass is 294 g/mol. The summed E-state index contributed by atoms with van der Waals surface area (Å²) in [5.74, 6) is -1.30. The number of esters is 2. The summed E-state index contributed by atoms with van der Waals surface area (Å²) < 4.78 is 15.6. The Bertz CT molecular complexity index is 437. The molecule has 0 radical (unpaired) electrons. The molecular formula is C16H22O5. The number of hydrogen-bond acceptors (Lipinski definition) is 5. The lowest BCUT2D eigenvalue weighted by Crippen LogP contribution is -2.50. The number of benzene rings is 1. The molecule has 0 atom stereocenters. The van der Waals surface area contributed by atoms with Gasteiger partial charge < -0.3 is 14.2 Å². The fraction of sp³-hybridized carbons (Fsp3) is 0.500. The third-order valence-corrected chi connectivity index (χ3v) is 3.04. The first-order chi connectivity index (χ1) is 10.1. The fourth-order valence-corrected chi connectivity index (χ4v) is 2.01. The minimum Gasteiger partial charge on any atom is -0.465 e. The highest BCUT2D eigenvalue weighted by atomic mass is 16.6. The summed E-state index contributed by atoms with van der Waals surface area (Å²) >= 11 is 0. The Morgan fingerprint density at radius 2 is 1.43 bits per heavy atom. The van der Waals surface area contributed by atoms with Crippen molar-refractivity contribution in [2.75, 3.05) is 26.4 Å². The number of ether oxygens (including phenoxy) is 3. The van der Waals surface area contributed by atoms with Gasteiger partial charge in [-0.25, -0.2) is 0 Å². The quantitative estimate of drug-likeness (QED) is 0.542. The maximum absolute atomic E-state index is 12.5. The van der Waals surface area contributed by atoms with Crippen molar-refractivity contribution in [2.24, 2.45) is 0 Å². The first-order valence-corrected chi connectivity index (χ1v) is 7.11. The topological polar surface area (TPSA) is 61.8 Å². The van der Waals surface area contributed by atoms with Crippen LogP contribution in [0.5, 0.6) is 0 Å². The van der Waals surface area contributed by atoms with Crippen molar-refractivity contribution in [3.8, 4) is 0 Å². The highest BCUT2D eigenvalue weighted by molar-refractivity contribution is 6.06. The second-order valence-corrected chi connectivity index (χ2v) is 4.35. The van der Waals surface area contributed by atoms with Gasteiger partial charge in [0.05, 0.1) is 19.8 Å². The van der Waals surface area contributed by atoms with Gasteiger partial charge in [-0.1, -0.05) is 30.3 Å². The molecule has 0 unspecified atom stereocenters. The summed E-state index contributed by atoms with van der Waals surface area (Å²) in [5.41, 5.74) is -1.07. The second kappa shape index (κ2) is 8.42.